The minimum atomic E-state index is -0.144. The summed E-state index contributed by atoms with van der Waals surface area (Å²) in [5.41, 5.74) is 1.66. The number of aryl methyl sites for hydroxylation is 1. The Morgan fingerprint density at radius 3 is 2.42 bits per heavy atom. The Kier molecular flexibility index (Phi) is 7.87. The van der Waals surface area contributed by atoms with Gasteiger partial charge in [-0.3, -0.25) is 9.20 Å². The molecule has 0 unspecified atom stereocenters. The SMILES string of the molecule is CC.CC.CCc1cc(=O)n2cc(C#N)ccc2n1. The maximum absolute atomic E-state index is 11.6. The molecule has 2 heterocycles. The smallest absolute Gasteiger partial charge is 0.258 e. The average molecular weight is 259 g/mol. The molecule has 0 aliphatic carbocycles. The zero-order valence-electron chi connectivity index (χ0n) is 12.3. The van der Waals surface area contributed by atoms with Gasteiger partial charge in [-0.05, 0) is 18.6 Å². The fourth-order valence-electron chi connectivity index (χ4n) is 1.40. The van der Waals surface area contributed by atoms with Crippen LogP contribution in [0.3, 0.4) is 0 Å². The summed E-state index contributed by atoms with van der Waals surface area (Å²) >= 11 is 0. The molecular weight excluding hydrogens is 238 g/mol. The van der Waals surface area contributed by atoms with Gasteiger partial charge in [0.2, 0.25) is 0 Å². The van der Waals surface area contributed by atoms with Crippen molar-refractivity contribution < 1.29 is 0 Å². The third-order valence-corrected chi connectivity index (χ3v) is 2.20. The molecule has 0 spiro atoms. The van der Waals surface area contributed by atoms with Crippen LogP contribution < -0.4 is 5.56 Å². The van der Waals surface area contributed by atoms with Crippen LogP contribution in [-0.2, 0) is 6.42 Å². The quantitative estimate of drug-likeness (QED) is 0.790. The van der Waals surface area contributed by atoms with Crippen molar-refractivity contribution in [3.05, 3.63) is 46.0 Å². The molecule has 4 heteroatoms. The first kappa shape index (κ1) is 16.9. The highest BCUT2D eigenvalue weighted by Gasteiger charge is 2.01. The predicted molar refractivity (Wildman–Crippen MR) is 78.3 cm³/mol. The van der Waals surface area contributed by atoms with Crippen LogP contribution in [0.25, 0.3) is 5.65 Å². The molecule has 4 nitrogen and oxygen atoms in total. The molecule has 0 amide bonds. The number of hydrogen-bond acceptors (Lipinski definition) is 3. The first-order chi connectivity index (χ1) is 9.24. The summed E-state index contributed by atoms with van der Waals surface area (Å²) in [5, 5.41) is 8.70. The second kappa shape index (κ2) is 8.87. The van der Waals surface area contributed by atoms with Gasteiger partial charge in [-0.25, -0.2) is 4.98 Å². The van der Waals surface area contributed by atoms with Crippen LogP contribution in [0.2, 0.25) is 0 Å². The molecule has 0 saturated heterocycles. The topological polar surface area (TPSA) is 58.2 Å². The van der Waals surface area contributed by atoms with Gasteiger partial charge in [0, 0.05) is 18.0 Å². The number of aromatic nitrogens is 2. The van der Waals surface area contributed by atoms with Crippen LogP contribution in [0.5, 0.6) is 0 Å². The summed E-state index contributed by atoms with van der Waals surface area (Å²) < 4.78 is 1.39. The van der Waals surface area contributed by atoms with Crippen molar-refractivity contribution >= 4 is 5.65 Å². The predicted octanol–water partition coefficient (Wildman–Crippen LogP) is 3.18. The van der Waals surface area contributed by atoms with Gasteiger partial charge in [-0.15, -0.1) is 0 Å². The lowest BCUT2D eigenvalue weighted by atomic mass is 10.3. The third kappa shape index (κ3) is 4.22. The van der Waals surface area contributed by atoms with Crippen molar-refractivity contribution in [1.29, 1.82) is 5.26 Å². The molecule has 19 heavy (non-hydrogen) atoms. The van der Waals surface area contributed by atoms with E-state index in [0.29, 0.717) is 11.2 Å². The van der Waals surface area contributed by atoms with Crippen LogP contribution in [0.4, 0.5) is 0 Å². The van der Waals surface area contributed by atoms with Gasteiger partial charge in [-0.2, -0.15) is 5.26 Å². The summed E-state index contributed by atoms with van der Waals surface area (Å²) in [6, 6.07) is 6.82. The largest absolute Gasteiger partial charge is 0.269 e. The summed E-state index contributed by atoms with van der Waals surface area (Å²) in [6.45, 7) is 9.95. The average Bonchev–Trinajstić information content (AvgIpc) is 2.50. The monoisotopic (exact) mass is 259 g/mol. The van der Waals surface area contributed by atoms with Gasteiger partial charge in [0.1, 0.15) is 11.7 Å². The van der Waals surface area contributed by atoms with Crippen molar-refractivity contribution in [3.63, 3.8) is 0 Å². The van der Waals surface area contributed by atoms with Crippen LogP contribution in [0, 0.1) is 11.3 Å². The zero-order chi connectivity index (χ0) is 14.8. The van der Waals surface area contributed by atoms with Gasteiger partial charge in [0.05, 0.1) is 5.56 Å². The number of hydrogen-bond donors (Lipinski definition) is 0. The number of nitrogens with zero attached hydrogens (tertiary/aromatic N) is 3. The molecule has 102 valence electrons. The molecule has 0 aliphatic rings. The van der Waals surface area contributed by atoms with Crippen molar-refractivity contribution in [2.24, 2.45) is 0 Å². The maximum atomic E-state index is 11.6. The van der Waals surface area contributed by atoms with Crippen molar-refractivity contribution in [3.8, 4) is 6.07 Å². The molecular formula is C15H21N3O. The van der Waals surface area contributed by atoms with E-state index < -0.39 is 0 Å². The van der Waals surface area contributed by atoms with Crippen LogP contribution >= 0.6 is 0 Å². The first-order valence-electron chi connectivity index (χ1n) is 6.67. The normalized spacial score (nSPS) is 8.63. The molecule has 0 fully saturated rings. The van der Waals surface area contributed by atoms with Gasteiger partial charge < -0.3 is 0 Å². The zero-order valence-corrected chi connectivity index (χ0v) is 12.3. The molecule has 2 aromatic heterocycles. The Bertz CT molecular complexity index is 609. The Labute approximate surface area is 114 Å². The Morgan fingerprint density at radius 2 is 1.89 bits per heavy atom. The Morgan fingerprint density at radius 1 is 1.26 bits per heavy atom. The maximum Gasteiger partial charge on any atom is 0.258 e. The number of pyridine rings is 1. The van der Waals surface area contributed by atoms with E-state index in [-0.39, 0.29) is 5.56 Å². The second-order valence-corrected chi connectivity index (χ2v) is 3.20. The van der Waals surface area contributed by atoms with E-state index in [4.69, 9.17) is 5.26 Å². The Balaban J connectivity index is 0.000000741. The van der Waals surface area contributed by atoms with Gasteiger partial charge >= 0.3 is 0 Å². The van der Waals surface area contributed by atoms with Crippen LogP contribution in [-0.4, -0.2) is 9.38 Å². The number of nitriles is 1. The summed E-state index contributed by atoms with van der Waals surface area (Å²) in [5.74, 6) is 0. The van der Waals surface area contributed by atoms with E-state index in [0.717, 1.165) is 12.1 Å². The molecule has 0 saturated carbocycles. The molecule has 2 rings (SSSR count). The number of fused-ring (bicyclic) bond motifs is 1. The van der Waals surface area contributed by atoms with Crippen molar-refractivity contribution in [1.82, 2.24) is 9.38 Å². The highest BCUT2D eigenvalue weighted by atomic mass is 16.1. The summed E-state index contributed by atoms with van der Waals surface area (Å²) in [4.78, 5) is 15.9. The molecule has 0 radical (unpaired) electrons. The summed E-state index contributed by atoms with van der Waals surface area (Å²) in [7, 11) is 0. The minimum Gasteiger partial charge on any atom is -0.269 e. The van der Waals surface area contributed by atoms with E-state index in [1.54, 1.807) is 12.1 Å². The third-order valence-electron chi connectivity index (χ3n) is 2.20. The van der Waals surface area contributed by atoms with Gasteiger partial charge in [0.25, 0.3) is 5.56 Å². The molecule has 2 aromatic rings. The van der Waals surface area contributed by atoms with E-state index >= 15 is 0 Å². The lowest BCUT2D eigenvalue weighted by molar-refractivity contribution is 0.963. The first-order valence-corrected chi connectivity index (χ1v) is 6.67. The van der Waals surface area contributed by atoms with E-state index in [1.807, 2.05) is 40.7 Å². The van der Waals surface area contributed by atoms with E-state index in [2.05, 4.69) is 4.98 Å². The van der Waals surface area contributed by atoms with Crippen molar-refractivity contribution in [2.45, 2.75) is 41.0 Å². The van der Waals surface area contributed by atoms with E-state index in [1.165, 1.54) is 16.7 Å². The van der Waals surface area contributed by atoms with Gasteiger partial charge in [0.15, 0.2) is 0 Å². The summed E-state index contributed by atoms with van der Waals surface area (Å²) in [6.07, 6.45) is 2.23. The fraction of sp³-hybridized carbons (Fsp3) is 0.400. The minimum absolute atomic E-state index is 0.144. The van der Waals surface area contributed by atoms with Crippen molar-refractivity contribution in [2.75, 3.05) is 0 Å². The fourth-order valence-corrected chi connectivity index (χ4v) is 1.40. The van der Waals surface area contributed by atoms with E-state index in [9.17, 15) is 4.79 Å². The highest BCUT2D eigenvalue weighted by Crippen LogP contribution is 2.02. The van der Waals surface area contributed by atoms with Gasteiger partial charge in [-0.1, -0.05) is 34.6 Å². The lowest BCUT2D eigenvalue weighted by Crippen LogP contribution is -2.15. The molecule has 0 aromatic carbocycles. The second-order valence-electron chi connectivity index (χ2n) is 3.20. The van der Waals surface area contributed by atoms with Crippen LogP contribution in [0.15, 0.2) is 29.2 Å². The Hall–Kier alpha value is -2.15. The standard InChI is InChI=1S/C11H9N3O.2C2H6/c1-2-9-5-11(15)14-7-8(6-12)3-4-10(14)13-9;2*1-2/h3-5,7H,2H2,1H3;2*1-2H3. The highest BCUT2D eigenvalue weighted by molar-refractivity contribution is 5.42. The van der Waals surface area contributed by atoms with Crippen LogP contribution in [0.1, 0.15) is 45.9 Å². The molecule has 0 aliphatic heterocycles. The molecule has 0 atom stereocenters. The lowest BCUT2D eigenvalue weighted by Gasteiger charge is -2.01. The number of rotatable bonds is 1. The molecule has 0 N–H and O–H groups in total. The molecule has 0 bridgehead atoms.